The van der Waals surface area contributed by atoms with Crippen LogP contribution in [0.25, 0.3) is 0 Å². The summed E-state index contributed by atoms with van der Waals surface area (Å²) >= 11 is 0. The maximum atomic E-state index is 9.95. The lowest BCUT2D eigenvalue weighted by Gasteiger charge is -2.25. The van der Waals surface area contributed by atoms with Gasteiger partial charge in [-0.05, 0) is 18.6 Å². The Morgan fingerprint density at radius 2 is 1.90 bits per heavy atom. The maximum Gasteiger partial charge on any atom is 0.235 e. The van der Waals surface area contributed by atoms with Crippen molar-refractivity contribution in [1.82, 2.24) is 10.2 Å². The molecular formula is C16H23N3O2. The van der Waals surface area contributed by atoms with Gasteiger partial charge in [0.1, 0.15) is 0 Å². The topological polar surface area (TPSA) is 62.4 Å². The Morgan fingerprint density at radius 3 is 2.48 bits per heavy atom. The monoisotopic (exact) mass is 289 g/mol. The summed E-state index contributed by atoms with van der Waals surface area (Å²) in [6.45, 7) is 7.05. The fourth-order valence-electron chi connectivity index (χ4n) is 2.01. The third-order valence-electron chi connectivity index (χ3n) is 3.33. The number of aliphatic hydroxyl groups is 1. The van der Waals surface area contributed by atoms with Crippen LogP contribution in [-0.4, -0.2) is 28.0 Å². The van der Waals surface area contributed by atoms with Crippen molar-refractivity contribution in [2.45, 2.75) is 45.8 Å². The zero-order valence-electron chi connectivity index (χ0n) is 12.9. The Hall–Kier alpha value is -1.88. The second-order valence-corrected chi connectivity index (χ2v) is 5.47. The first-order chi connectivity index (χ1) is 10.1. The van der Waals surface area contributed by atoms with E-state index in [0.717, 1.165) is 5.69 Å². The zero-order chi connectivity index (χ0) is 15.2. The van der Waals surface area contributed by atoms with Gasteiger partial charge in [-0.1, -0.05) is 39.0 Å². The zero-order valence-corrected chi connectivity index (χ0v) is 12.9. The molecule has 5 nitrogen and oxygen atoms in total. The molecule has 0 bridgehead atoms. The standard InChI is InChI=1S/C16H23N3O2/c1-4-14(20)10-19(13-8-6-5-7-9-13)11-15-17-18-16(21-15)12(2)3/h5-9,12,14,20H,4,10-11H2,1-3H3. The van der Waals surface area contributed by atoms with E-state index in [4.69, 9.17) is 4.42 Å². The second-order valence-electron chi connectivity index (χ2n) is 5.47. The summed E-state index contributed by atoms with van der Waals surface area (Å²) < 4.78 is 5.67. The number of aliphatic hydroxyl groups excluding tert-OH is 1. The number of benzene rings is 1. The molecule has 0 saturated heterocycles. The number of para-hydroxylation sites is 1. The molecule has 0 aliphatic rings. The third-order valence-corrected chi connectivity index (χ3v) is 3.33. The van der Waals surface area contributed by atoms with Crippen LogP contribution < -0.4 is 4.90 Å². The number of hydrogen-bond acceptors (Lipinski definition) is 5. The summed E-state index contributed by atoms with van der Waals surface area (Å²) in [4.78, 5) is 2.06. The molecule has 0 saturated carbocycles. The Labute approximate surface area is 125 Å². The van der Waals surface area contributed by atoms with Gasteiger partial charge in [-0.25, -0.2) is 0 Å². The van der Waals surface area contributed by atoms with Crippen molar-refractivity contribution >= 4 is 5.69 Å². The van der Waals surface area contributed by atoms with Crippen LogP contribution in [0.2, 0.25) is 0 Å². The molecular weight excluding hydrogens is 266 g/mol. The Morgan fingerprint density at radius 1 is 1.19 bits per heavy atom. The van der Waals surface area contributed by atoms with E-state index in [1.165, 1.54) is 0 Å². The quantitative estimate of drug-likeness (QED) is 0.849. The first-order valence-electron chi connectivity index (χ1n) is 7.40. The van der Waals surface area contributed by atoms with Gasteiger partial charge in [-0.15, -0.1) is 10.2 Å². The van der Waals surface area contributed by atoms with Gasteiger partial charge < -0.3 is 14.4 Å². The molecule has 1 atom stereocenters. The van der Waals surface area contributed by atoms with Gasteiger partial charge >= 0.3 is 0 Å². The van der Waals surface area contributed by atoms with Crippen LogP contribution in [0, 0.1) is 0 Å². The van der Waals surface area contributed by atoms with Gasteiger partial charge in [0.2, 0.25) is 11.8 Å². The summed E-state index contributed by atoms with van der Waals surface area (Å²) in [5, 5.41) is 18.1. The fourth-order valence-corrected chi connectivity index (χ4v) is 2.01. The van der Waals surface area contributed by atoms with Gasteiger partial charge in [-0.2, -0.15) is 0 Å². The minimum absolute atomic E-state index is 0.220. The number of rotatable bonds is 7. The SMILES string of the molecule is CCC(O)CN(Cc1nnc(C(C)C)o1)c1ccccc1. The van der Waals surface area contributed by atoms with Crippen molar-refractivity contribution in [1.29, 1.82) is 0 Å². The molecule has 1 aromatic carbocycles. The van der Waals surface area contributed by atoms with Crippen LogP contribution >= 0.6 is 0 Å². The number of hydrogen-bond donors (Lipinski definition) is 1. The third kappa shape index (κ3) is 4.29. The van der Waals surface area contributed by atoms with Gasteiger partial charge in [0.15, 0.2) is 0 Å². The van der Waals surface area contributed by atoms with E-state index < -0.39 is 0 Å². The first kappa shape index (κ1) is 15.5. The highest BCUT2D eigenvalue weighted by Gasteiger charge is 2.16. The van der Waals surface area contributed by atoms with Crippen LogP contribution in [0.5, 0.6) is 0 Å². The number of anilines is 1. The lowest BCUT2D eigenvalue weighted by atomic mass is 10.2. The summed E-state index contributed by atoms with van der Waals surface area (Å²) in [5.41, 5.74) is 1.04. The summed E-state index contributed by atoms with van der Waals surface area (Å²) in [6, 6.07) is 9.97. The molecule has 2 rings (SSSR count). The van der Waals surface area contributed by atoms with Crippen molar-refractivity contribution in [3.05, 3.63) is 42.1 Å². The van der Waals surface area contributed by atoms with Gasteiger partial charge in [-0.3, -0.25) is 0 Å². The minimum atomic E-state index is -0.377. The van der Waals surface area contributed by atoms with E-state index in [1.807, 2.05) is 51.1 Å². The van der Waals surface area contributed by atoms with Crippen molar-refractivity contribution in [3.63, 3.8) is 0 Å². The molecule has 1 aromatic heterocycles. The van der Waals surface area contributed by atoms with Gasteiger partial charge in [0.05, 0.1) is 12.6 Å². The molecule has 0 amide bonds. The maximum absolute atomic E-state index is 9.95. The molecule has 21 heavy (non-hydrogen) atoms. The lowest BCUT2D eigenvalue weighted by Crippen LogP contribution is -2.31. The molecule has 0 aliphatic heterocycles. The minimum Gasteiger partial charge on any atom is -0.423 e. The molecule has 0 radical (unpaired) electrons. The van der Waals surface area contributed by atoms with Crippen molar-refractivity contribution < 1.29 is 9.52 Å². The second kappa shape index (κ2) is 7.22. The molecule has 0 aliphatic carbocycles. The predicted octanol–water partition coefficient (Wildman–Crippen LogP) is 2.97. The van der Waals surface area contributed by atoms with Gasteiger partial charge in [0.25, 0.3) is 0 Å². The molecule has 2 aromatic rings. The number of nitrogens with zero attached hydrogens (tertiary/aromatic N) is 3. The molecule has 0 fully saturated rings. The normalized spacial score (nSPS) is 12.6. The highest BCUT2D eigenvalue weighted by molar-refractivity contribution is 5.46. The van der Waals surface area contributed by atoms with Crippen molar-refractivity contribution in [2.75, 3.05) is 11.4 Å². The lowest BCUT2D eigenvalue weighted by molar-refractivity contribution is 0.174. The predicted molar refractivity (Wildman–Crippen MR) is 82.2 cm³/mol. The molecule has 5 heteroatoms. The Kier molecular flexibility index (Phi) is 5.33. The van der Waals surface area contributed by atoms with Crippen LogP contribution in [0.1, 0.15) is 44.9 Å². The fraction of sp³-hybridized carbons (Fsp3) is 0.500. The first-order valence-corrected chi connectivity index (χ1v) is 7.40. The highest BCUT2D eigenvalue weighted by Crippen LogP contribution is 2.19. The average Bonchev–Trinajstić information content (AvgIpc) is 2.96. The molecule has 1 heterocycles. The highest BCUT2D eigenvalue weighted by atomic mass is 16.4. The van der Waals surface area contributed by atoms with E-state index in [-0.39, 0.29) is 12.0 Å². The van der Waals surface area contributed by atoms with Gasteiger partial charge in [0, 0.05) is 18.2 Å². The van der Waals surface area contributed by atoms with Crippen LogP contribution in [0.3, 0.4) is 0 Å². The molecule has 1 unspecified atom stereocenters. The van der Waals surface area contributed by atoms with E-state index in [0.29, 0.717) is 31.3 Å². The smallest absolute Gasteiger partial charge is 0.235 e. The van der Waals surface area contributed by atoms with Crippen LogP contribution in [-0.2, 0) is 6.54 Å². The average molecular weight is 289 g/mol. The Balaban J connectivity index is 2.15. The summed E-state index contributed by atoms with van der Waals surface area (Å²) in [7, 11) is 0. The summed E-state index contributed by atoms with van der Waals surface area (Å²) in [6.07, 6.45) is 0.336. The molecule has 114 valence electrons. The summed E-state index contributed by atoms with van der Waals surface area (Å²) in [5.74, 6) is 1.44. The van der Waals surface area contributed by atoms with Crippen LogP contribution in [0.15, 0.2) is 34.7 Å². The largest absolute Gasteiger partial charge is 0.423 e. The van der Waals surface area contributed by atoms with E-state index >= 15 is 0 Å². The molecule has 1 N–H and O–H groups in total. The molecule has 0 spiro atoms. The van der Waals surface area contributed by atoms with Crippen molar-refractivity contribution in [2.24, 2.45) is 0 Å². The Bertz CT molecular complexity index is 539. The number of aromatic nitrogens is 2. The van der Waals surface area contributed by atoms with E-state index in [1.54, 1.807) is 0 Å². The van der Waals surface area contributed by atoms with E-state index in [2.05, 4.69) is 15.1 Å². The van der Waals surface area contributed by atoms with E-state index in [9.17, 15) is 5.11 Å². The van der Waals surface area contributed by atoms with Crippen molar-refractivity contribution in [3.8, 4) is 0 Å². The van der Waals surface area contributed by atoms with Crippen LogP contribution in [0.4, 0.5) is 5.69 Å².